The minimum absolute atomic E-state index is 0.271. The summed E-state index contributed by atoms with van der Waals surface area (Å²) in [6, 6.07) is 10.8. The minimum Gasteiger partial charge on any atom is -0.384 e. The second kappa shape index (κ2) is 5.72. The first-order valence-electron chi connectivity index (χ1n) is 7.62. The fourth-order valence-corrected chi connectivity index (χ4v) is 2.90. The maximum Gasteiger partial charge on any atom is 0.135 e. The van der Waals surface area contributed by atoms with E-state index in [0.717, 1.165) is 24.5 Å². The molecule has 1 aromatic heterocycles. The largest absolute Gasteiger partial charge is 0.384 e. The summed E-state index contributed by atoms with van der Waals surface area (Å²) in [5.74, 6) is 2.42. The van der Waals surface area contributed by atoms with Crippen molar-refractivity contribution in [2.45, 2.75) is 45.1 Å². The average molecular weight is 282 g/mol. The highest BCUT2D eigenvalue weighted by molar-refractivity contribution is 5.48. The van der Waals surface area contributed by atoms with Gasteiger partial charge in [0.05, 0.1) is 6.04 Å². The third-order valence-electron chi connectivity index (χ3n) is 3.97. The molecule has 0 aliphatic heterocycles. The number of hydrogen-bond donors (Lipinski definition) is 2. The number of nitrogens with zero attached hydrogens (tertiary/aromatic N) is 2. The number of anilines is 2. The van der Waals surface area contributed by atoms with Gasteiger partial charge in [-0.2, -0.15) is 0 Å². The molecule has 0 saturated heterocycles. The highest BCUT2D eigenvalue weighted by Gasteiger charge is 2.20. The Bertz CT molecular complexity index is 636. The summed E-state index contributed by atoms with van der Waals surface area (Å²) in [4.78, 5) is 8.90. The van der Waals surface area contributed by atoms with Crippen LogP contribution in [0.25, 0.3) is 0 Å². The predicted molar refractivity (Wildman–Crippen MR) is 86.3 cm³/mol. The van der Waals surface area contributed by atoms with E-state index >= 15 is 0 Å². The quantitative estimate of drug-likeness (QED) is 0.901. The van der Waals surface area contributed by atoms with Crippen molar-refractivity contribution in [2.75, 3.05) is 11.1 Å². The molecule has 3 N–H and O–H groups in total. The predicted octanol–water partition coefficient (Wildman–Crippen LogP) is 3.67. The van der Waals surface area contributed by atoms with Gasteiger partial charge in [-0.15, -0.1) is 0 Å². The molecule has 1 unspecified atom stereocenters. The van der Waals surface area contributed by atoms with Crippen LogP contribution in [0.15, 0.2) is 30.3 Å². The molecule has 0 radical (unpaired) electrons. The molecule has 1 atom stereocenters. The minimum atomic E-state index is 0.271. The van der Waals surface area contributed by atoms with Crippen molar-refractivity contribution in [3.05, 3.63) is 47.3 Å². The van der Waals surface area contributed by atoms with Gasteiger partial charge < -0.3 is 11.1 Å². The van der Waals surface area contributed by atoms with Gasteiger partial charge in [0.15, 0.2) is 0 Å². The first-order chi connectivity index (χ1) is 10.1. The van der Waals surface area contributed by atoms with Crippen LogP contribution in [0, 0.1) is 0 Å². The Labute approximate surface area is 125 Å². The van der Waals surface area contributed by atoms with Gasteiger partial charge in [-0.3, -0.25) is 0 Å². The van der Waals surface area contributed by atoms with Gasteiger partial charge in [0.25, 0.3) is 0 Å². The van der Waals surface area contributed by atoms with Crippen LogP contribution in [-0.2, 0) is 6.42 Å². The van der Waals surface area contributed by atoms with Crippen LogP contribution in [0.2, 0.25) is 0 Å². The molecule has 1 heterocycles. The van der Waals surface area contributed by atoms with Crippen molar-refractivity contribution in [1.29, 1.82) is 0 Å². The molecule has 4 nitrogen and oxygen atoms in total. The Kier molecular flexibility index (Phi) is 3.78. The zero-order valence-corrected chi connectivity index (χ0v) is 12.6. The van der Waals surface area contributed by atoms with Crippen LogP contribution in [0.3, 0.4) is 0 Å². The number of nitrogens with two attached hydrogens (primary N) is 1. The van der Waals surface area contributed by atoms with Gasteiger partial charge in [-0.05, 0) is 30.4 Å². The smallest absolute Gasteiger partial charge is 0.135 e. The Balaban J connectivity index is 1.88. The lowest BCUT2D eigenvalue weighted by molar-refractivity contribution is 0.597. The summed E-state index contributed by atoms with van der Waals surface area (Å²) in [6.07, 6.45) is 3.49. The molecule has 1 aliphatic carbocycles. The number of nitrogens with one attached hydrogen (secondary N) is 1. The maximum atomic E-state index is 5.91. The fraction of sp³-hybridized carbons (Fsp3) is 0.412. The Hall–Kier alpha value is -2.10. The molecule has 2 aromatic rings. The first kappa shape index (κ1) is 13.9. The molecule has 0 saturated carbocycles. The van der Waals surface area contributed by atoms with Crippen molar-refractivity contribution in [1.82, 2.24) is 9.97 Å². The molecule has 0 amide bonds. The molecular formula is C17H22N4. The van der Waals surface area contributed by atoms with E-state index in [9.17, 15) is 0 Å². The summed E-state index contributed by atoms with van der Waals surface area (Å²) in [6.45, 7) is 4.16. The fourth-order valence-electron chi connectivity index (χ4n) is 2.90. The zero-order chi connectivity index (χ0) is 14.8. The van der Waals surface area contributed by atoms with Gasteiger partial charge in [-0.25, -0.2) is 9.97 Å². The molecule has 3 rings (SSSR count). The lowest BCUT2D eigenvalue weighted by atomic mass is 9.88. The second-order valence-corrected chi connectivity index (χ2v) is 5.98. The molecule has 21 heavy (non-hydrogen) atoms. The standard InChI is InChI=1S/C17H22N4/c1-11(2)17-20-15(18)10-16(21-17)19-14-9-5-7-12-6-3-4-8-13(12)14/h3-4,6,8,10-11,14H,5,7,9H2,1-2H3,(H3,18,19,20,21). The molecule has 4 heteroatoms. The number of benzene rings is 1. The van der Waals surface area contributed by atoms with E-state index in [0.29, 0.717) is 11.9 Å². The van der Waals surface area contributed by atoms with E-state index in [2.05, 4.69) is 53.4 Å². The Morgan fingerprint density at radius 2 is 2.05 bits per heavy atom. The van der Waals surface area contributed by atoms with Gasteiger partial charge in [-0.1, -0.05) is 38.1 Å². The van der Waals surface area contributed by atoms with Crippen LogP contribution in [0.5, 0.6) is 0 Å². The van der Waals surface area contributed by atoms with Crippen LogP contribution in [0.1, 0.15) is 55.6 Å². The lowest BCUT2D eigenvalue weighted by Crippen LogP contribution is -2.18. The number of fused-ring (bicyclic) bond motifs is 1. The summed E-state index contributed by atoms with van der Waals surface area (Å²) in [7, 11) is 0. The summed E-state index contributed by atoms with van der Waals surface area (Å²) >= 11 is 0. The van der Waals surface area contributed by atoms with E-state index in [1.165, 1.54) is 17.5 Å². The van der Waals surface area contributed by atoms with E-state index in [4.69, 9.17) is 5.73 Å². The van der Waals surface area contributed by atoms with Crippen LogP contribution in [0.4, 0.5) is 11.6 Å². The third kappa shape index (κ3) is 2.99. The lowest BCUT2D eigenvalue weighted by Gasteiger charge is -2.27. The molecule has 0 fully saturated rings. The van der Waals surface area contributed by atoms with E-state index < -0.39 is 0 Å². The van der Waals surface area contributed by atoms with Crippen molar-refractivity contribution in [3.63, 3.8) is 0 Å². The zero-order valence-electron chi connectivity index (χ0n) is 12.6. The molecule has 1 aromatic carbocycles. The average Bonchev–Trinajstić information content (AvgIpc) is 2.47. The topological polar surface area (TPSA) is 63.8 Å². The molecule has 1 aliphatic rings. The van der Waals surface area contributed by atoms with Crippen LogP contribution in [-0.4, -0.2) is 9.97 Å². The number of hydrogen-bond acceptors (Lipinski definition) is 4. The van der Waals surface area contributed by atoms with Crippen LogP contribution < -0.4 is 11.1 Å². The van der Waals surface area contributed by atoms with Gasteiger partial charge in [0.2, 0.25) is 0 Å². The van der Waals surface area contributed by atoms with Crippen molar-refractivity contribution < 1.29 is 0 Å². The van der Waals surface area contributed by atoms with Crippen molar-refractivity contribution in [3.8, 4) is 0 Å². The maximum absolute atomic E-state index is 5.91. The van der Waals surface area contributed by atoms with Crippen LogP contribution >= 0.6 is 0 Å². The van der Waals surface area contributed by atoms with E-state index in [-0.39, 0.29) is 5.92 Å². The summed E-state index contributed by atoms with van der Waals surface area (Å²) in [5, 5.41) is 3.54. The number of nitrogen functional groups attached to an aromatic ring is 1. The molecule has 0 spiro atoms. The SMILES string of the molecule is CC(C)c1nc(N)cc(NC2CCCc3ccccc32)n1. The van der Waals surface area contributed by atoms with Crippen molar-refractivity contribution in [2.24, 2.45) is 0 Å². The van der Waals surface area contributed by atoms with Gasteiger partial charge >= 0.3 is 0 Å². The number of aromatic nitrogens is 2. The third-order valence-corrected chi connectivity index (χ3v) is 3.97. The highest BCUT2D eigenvalue weighted by Crippen LogP contribution is 2.32. The highest BCUT2D eigenvalue weighted by atomic mass is 15.1. The summed E-state index contributed by atoms with van der Waals surface area (Å²) < 4.78 is 0. The van der Waals surface area contributed by atoms with Gasteiger partial charge in [0.1, 0.15) is 17.5 Å². The second-order valence-electron chi connectivity index (χ2n) is 5.98. The Morgan fingerprint density at radius 3 is 2.86 bits per heavy atom. The normalized spacial score (nSPS) is 17.6. The van der Waals surface area contributed by atoms with Gasteiger partial charge in [0, 0.05) is 12.0 Å². The Morgan fingerprint density at radius 1 is 1.24 bits per heavy atom. The van der Waals surface area contributed by atoms with E-state index in [1.54, 1.807) is 0 Å². The first-order valence-corrected chi connectivity index (χ1v) is 7.62. The van der Waals surface area contributed by atoms with E-state index in [1.807, 2.05) is 6.07 Å². The number of rotatable bonds is 3. The van der Waals surface area contributed by atoms with Crippen molar-refractivity contribution >= 4 is 11.6 Å². The molecular weight excluding hydrogens is 260 g/mol. The molecule has 0 bridgehead atoms. The number of aryl methyl sites for hydroxylation is 1. The summed E-state index contributed by atoms with van der Waals surface area (Å²) in [5.41, 5.74) is 8.72. The molecule has 110 valence electrons. The monoisotopic (exact) mass is 282 g/mol.